The van der Waals surface area contributed by atoms with E-state index >= 15 is 0 Å². The second-order valence-corrected chi connectivity index (χ2v) is 8.37. The molecule has 0 aliphatic heterocycles. The van der Waals surface area contributed by atoms with Crippen LogP contribution in [0.25, 0.3) is 10.4 Å². The van der Waals surface area contributed by atoms with Gasteiger partial charge in [-0.1, -0.05) is 71.5 Å². The van der Waals surface area contributed by atoms with E-state index in [9.17, 15) is 0 Å². The van der Waals surface area contributed by atoms with E-state index in [1.54, 1.807) is 22.7 Å². The Morgan fingerprint density at radius 2 is 1.48 bits per heavy atom. The van der Waals surface area contributed by atoms with Crippen LogP contribution in [0.3, 0.4) is 0 Å². The fraction of sp³-hybridized carbons (Fsp3) is 0.143. The van der Waals surface area contributed by atoms with E-state index in [2.05, 4.69) is 63.9 Å². The summed E-state index contributed by atoms with van der Waals surface area (Å²) in [7, 11) is 0. The Labute approximate surface area is 167 Å². The Bertz CT molecular complexity index is 990. The molecule has 4 aromatic rings. The highest BCUT2D eigenvalue weighted by atomic mass is 32.1. The second-order valence-electron chi connectivity index (χ2n) is 6.22. The number of benzene rings is 2. The molecule has 0 bridgehead atoms. The van der Waals surface area contributed by atoms with E-state index in [0.29, 0.717) is 0 Å². The fourth-order valence-corrected chi connectivity index (χ4v) is 4.18. The van der Waals surface area contributed by atoms with Crippen LogP contribution in [0.15, 0.2) is 67.0 Å². The van der Waals surface area contributed by atoms with Gasteiger partial charge in [0, 0.05) is 23.8 Å². The van der Waals surface area contributed by atoms with Gasteiger partial charge in [-0.25, -0.2) is 9.97 Å². The van der Waals surface area contributed by atoms with Crippen molar-refractivity contribution < 1.29 is 0 Å². The normalized spacial score (nSPS) is 10.7. The first-order valence-corrected chi connectivity index (χ1v) is 10.4. The third kappa shape index (κ3) is 4.72. The van der Waals surface area contributed by atoms with Crippen molar-refractivity contribution >= 4 is 32.9 Å². The maximum atomic E-state index is 4.49. The molecule has 136 valence electrons. The molecule has 0 spiro atoms. The van der Waals surface area contributed by atoms with E-state index in [1.165, 1.54) is 26.4 Å². The van der Waals surface area contributed by atoms with Gasteiger partial charge in [0.2, 0.25) is 0 Å². The Kier molecular flexibility index (Phi) is 5.46. The number of nitrogens with zero attached hydrogens (tertiary/aromatic N) is 2. The zero-order valence-corrected chi connectivity index (χ0v) is 16.6. The molecule has 2 N–H and O–H groups in total. The highest BCUT2D eigenvalue weighted by Crippen LogP contribution is 2.29. The van der Waals surface area contributed by atoms with Crippen molar-refractivity contribution in [2.45, 2.75) is 20.0 Å². The van der Waals surface area contributed by atoms with Gasteiger partial charge >= 0.3 is 0 Å². The molecule has 0 atom stereocenters. The first-order chi connectivity index (χ1) is 13.3. The standard InChI is InChI=1S/C21H20N4S2/c1-15-7-9-17(10-8-15)19-14-25-21(27-19)24-13-18-12-23-20(26-18)22-11-16-5-3-2-4-6-16/h2-10,12,14H,11,13H2,1H3,(H,22,23)(H,24,25). The summed E-state index contributed by atoms with van der Waals surface area (Å²) < 4.78 is 0. The zero-order chi connectivity index (χ0) is 18.5. The van der Waals surface area contributed by atoms with Gasteiger partial charge in [0.1, 0.15) is 0 Å². The number of hydrogen-bond acceptors (Lipinski definition) is 6. The summed E-state index contributed by atoms with van der Waals surface area (Å²) in [6.45, 7) is 3.61. The quantitative estimate of drug-likeness (QED) is 0.417. The maximum absolute atomic E-state index is 4.49. The van der Waals surface area contributed by atoms with E-state index in [1.807, 2.05) is 30.6 Å². The van der Waals surface area contributed by atoms with Gasteiger partial charge in [0.25, 0.3) is 0 Å². The van der Waals surface area contributed by atoms with Gasteiger partial charge in [-0.2, -0.15) is 0 Å². The summed E-state index contributed by atoms with van der Waals surface area (Å²) in [5, 5.41) is 8.64. The summed E-state index contributed by atoms with van der Waals surface area (Å²) in [5.74, 6) is 0. The average Bonchev–Trinajstić information content (AvgIpc) is 3.36. The highest BCUT2D eigenvalue weighted by Gasteiger charge is 2.06. The number of thiazole rings is 2. The number of nitrogens with one attached hydrogen (secondary N) is 2. The van der Waals surface area contributed by atoms with Gasteiger partial charge in [0.15, 0.2) is 10.3 Å². The van der Waals surface area contributed by atoms with Crippen molar-refractivity contribution in [2.75, 3.05) is 10.6 Å². The minimum atomic E-state index is 0.728. The minimum Gasteiger partial charge on any atom is -0.357 e. The molecule has 0 radical (unpaired) electrons. The van der Waals surface area contributed by atoms with Crippen LogP contribution < -0.4 is 10.6 Å². The van der Waals surface area contributed by atoms with Crippen molar-refractivity contribution in [1.82, 2.24) is 9.97 Å². The first-order valence-electron chi connectivity index (χ1n) is 8.75. The smallest absolute Gasteiger partial charge is 0.183 e. The van der Waals surface area contributed by atoms with E-state index in [-0.39, 0.29) is 0 Å². The molecule has 0 amide bonds. The molecular formula is C21H20N4S2. The Morgan fingerprint density at radius 3 is 2.30 bits per heavy atom. The van der Waals surface area contributed by atoms with E-state index in [0.717, 1.165) is 23.4 Å². The lowest BCUT2D eigenvalue weighted by atomic mass is 10.1. The molecule has 6 heteroatoms. The largest absolute Gasteiger partial charge is 0.357 e. The molecule has 0 saturated carbocycles. The van der Waals surface area contributed by atoms with Gasteiger partial charge in [-0.3, -0.25) is 0 Å². The van der Waals surface area contributed by atoms with Crippen molar-refractivity contribution in [2.24, 2.45) is 0 Å². The third-order valence-electron chi connectivity index (χ3n) is 4.10. The molecule has 0 aliphatic rings. The van der Waals surface area contributed by atoms with Crippen LogP contribution in [0.1, 0.15) is 16.0 Å². The highest BCUT2D eigenvalue weighted by molar-refractivity contribution is 7.19. The number of aromatic nitrogens is 2. The van der Waals surface area contributed by atoms with Gasteiger partial charge in [0.05, 0.1) is 11.4 Å². The van der Waals surface area contributed by atoms with Crippen LogP contribution in [0.5, 0.6) is 0 Å². The molecule has 0 saturated heterocycles. The monoisotopic (exact) mass is 392 g/mol. The molecule has 0 fully saturated rings. The number of aryl methyl sites for hydroxylation is 1. The Hall–Kier alpha value is -2.70. The van der Waals surface area contributed by atoms with E-state index < -0.39 is 0 Å². The topological polar surface area (TPSA) is 49.8 Å². The molecule has 2 aromatic heterocycles. The summed E-state index contributed by atoms with van der Waals surface area (Å²) in [6.07, 6.45) is 3.84. The van der Waals surface area contributed by atoms with Crippen molar-refractivity contribution in [3.05, 3.63) is 83.0 Å². The molecule has 0 unspecified atom stereocenters. The summed E-state index contributed by atoms with van der Waals surface area (Å²) in [6, 6.07) is 18.9. The van der Waals surface area contributed by atoms with Crippen molar-refractivity contribution in [1.29, 1.82) is 0 Å². The number of hydrogen-bond donors (Lipinski definition) is 2. The maximum Gasteiger partial charge on any atom is 0.183 e. The molecule has 27 heavy (non-hydrogen) atoms. The lowest BCUT2D eigenvalue weighted by Crippen LogP contribution is -1.98. The predicted molar refractivity (Wildman–Crippen MR) is 115 cm³/mol. The van der Waals surface area contributed by atoms with Crippen LogP contribution >= 0.6 is 22.7 Å². The minimum absolute atomic E-state index is 0.728. The van der Waals surface area contributed by atoms with Crippen molar-refractivity contribution in [3.63, 3.8) is 0 Å². The second kappa shape index (κ2) is 8.33. The summed E-state index contributed by atoms with van der Waals surface area (Å²) >= 11 is 3.34. The molecule has 4 nitrogen and oxygen atoms in total. The molecule has 2 aromatic carbocycles. The van der Waals surface area contributed by atoms with Crippen molar-refractivity contribution in [3.8, 4) is 10.4 Å². The molecular weight excluding hydrogens is 372 g/mol. The fourth-order valence-electron chi connectivity index (χ4n) is 2.61. The first kappa shape index (κ1) is 17.7. The predicted octanol–water partition coefficient (Wildman–Crippen LogP) is 5.80. The van der Waals surface area contributed by atoms with Crippen LogP contribution in [0.2, 0.25) is 0 Å². The average molecular weight is 393 g/mol. The van der Waals surface area contributed by atoms with Crippen LogP contribution in [-0.4, -0.2) is 9.97 Å². The SMILES string of the molecule is Cc1ccc(-c2cnc(NCc3cnc(NCc4ccccc4)s3)s2)cc1. The summed E-state index contributed by atoms with van der Waals surface area (Å²) in [5.41, 5.74) is 3.72. The lowest BCUT2D eigenvalue weighted by Gasteiger charge is -2.02. The Balaban J connectivity index is 1.32. The summed E-state index contributed by atoms with van der Waals surface area (Å²) in [4.78, 5) is 11.3. The molecule has 4 rings (SSSR count). The number of rotatable bonds is 7. The van der Waals surface area contributed by atoms with Crippen LogP contribution in [0, 0.1) is 6.92 Å². The Morgan fingerprint density at radius 1 is 0.778 bits per heavy atom. The van der Waals surface area contributed by atoms with E-state index in [4.69, 9.17) is 0 Å². The van der Waals surface area contributed by atoms with Gasteiger partial charge in [-0.05, 0) is 18.1 Å². The lowest BCUT2D eigenvalue weighted by molar-refractivity contribution is 1.13. The number of anilines is 2. The molecule has 2 heterocycles. The third-order valence-corrected chi connectivity index (χ3v) is 6.05. The molecule has 0 aliphatic carbocycles. The van der Waals surface area contributed by atoms with Crippen LogP contribution in [0.4, 0.5) is 10.3 Å². The zero-order valence-electron chi connectivity index (χ0n) is 15.0. The van der Waals surface area contributed by atoms with Crippen LogP contribution in [-0.2, 0) is 13.1 Å². The van der Waals surface area contributed by atoms with Gasteiger partial charge < -0.3 is 10.6 Å². The van der Waals surface area contributed by atoms with Gasteiger partial charge in [-0.15, -0.1) is 11.3 Å².